The average molecular weight is 385 g/mol. The van der Waals surface area contributed by atoms with Crippen LogP contribution in [0.2, 0.25) is 0 Å². The molecule has 0 aliphatic heterocycles. The molecule has 0 bridgehead atoms. The minimum atomic E-state index is -0.657. The Morgan fingerprint density at radius 2 is 1.37 bits per heavy atom. The average Bonchev–Trinajstić information content (AvgIpc) is 2.59. The normalized spacial score (nSPS) is 22.4. The third-order valence-corrected chi connectivity index (χ3v) is 5.98. The van der Waals surface area contributed by atoms with E-state index < -0.39 is 5.97 Å². The maximum Gasteiger partial charge on any atom is 0.303 e. The zero-order valence-electron chi connectivity index (χ0n) is 18.7. The van der Waals surface area contributed by atoms with E-state index in [0.717, 1.165) is 25.2 Å². The molecule has 0 saturated heterocycles. The van der Waals surface area contributed by atoms with Crippen LogP contribution in [-0.2, 0) is 4.79 Å². The monoisotopic (exact) mass is 384 g/mol. The number of hydrogen-bond donors (Lipinski definition) is 2. The fourth-order valence-electron chi connectivity index (χ4n) is 4.09. The van der Waals surface area contributed by atoms with Gasteiger partial charge in [-0.2, -0.15) is 0 Å². The number of hydrogen-bond acceptors (Lipinski definition) is 2. The fourth-order valence-corrected chi connectivity index (χ4v) is 4.09. The molecule has 0 aromatic heterocycles. The first-order chi connectivity index (χ1) is 12.9. The van der Waals surface area contributed by atoms with Crippen LogP contribution in [0.1, 0.15) is 124 Å². The first-order valence-corrected chi connectivity index (χ1v) is 11.8. The minimum absolute atomic E-state index is 0.0289. The van der Waals surface area contributed by atoms with Gasteiger partial charge >= 0.3 is 5.97 Å². The number of unbranched alkanes of at least 4 members (excludes halogenated alkanes) is 10. The van der Waals surface area contributed by atoms with Crippen molar-refractivity contribution in [2.24, 2.45) is 17.8 Å². The summed E-state index contributed by atoms with van der Waals surface area (Å²) in [6.07, 6.45) is 17.9. The number of aliphatic carboxylic acids is 1. The smallest absolute Gasteiger partial charge is 0.303 e. The van der Waals surface area contributed by atoms with Crippen LogP contribution in [0.25, 0.3) is 0 Å². The van der Waals surface area contributed by atoms with Crippen molar-refractivity contribution < 1.29 is 15.0 Å². The molecule has 1 aliphatic rings. The number of carboxylic acids is 1. The molecule has 0 amide bonds. The molecule has 0 radical (unpaired) electrons. The quantitative estimate of drug-likeness (QED) is 0.330. The second-order valence-corrected chi connectivity index (χ2v) is 9.07. The van der Waals surface area contributed by atoms with Crippen LogP contribution < -0.4 is 0 Å². The summed E-state index contributed by atoms with van der Waals surface area (Å²) in [4.78, 5) is 10.3. The second kappa shape index (κ2) is 17.5. The summed E-state index contributed by atoms with van der Waals surface area (Å²) in [6.45, 7) is 8.91. The van der Waals surface area contributed by atoms with Gasteiger partial charge in [0.15, 0.2) is 0 Å². The number of carboxylic acid groups (broad SMARTS) is 1. The Labute approximate surface area is 169 Å². The van der Waals surface area contributed by atoms with E-state index >= 15 is 0 Å². The van der Waals surface area contributed by atoms with Crippen molar-refractivity contribution in [3.05, 3.63) is 0 Å². The molecule has 0 aromatic rings. The van der Waals surface area contributed by atoms with Gasteiger partial charge in [-0.1, -0.05) is 98.3 Å². The Kier molecular flexibility index (Phi) is 17.2. The lowest BCUT2D eigenvalue weighted by Crippen LogP contribution is -2.31. The molecule has 3 unspecified atom stereocenters. The van der Waals surface area contributed by atoms with Gasteiger partial charge in [0.05, 0.1) is 6.10 Å². The van der Waals surface area contributed by atoms with Crippen molar-refractivity contribution in [3.8, 4) is 0 Å². The Bertz CT molecular complexity index is 341. The van der Waals surface area contributed by atoms with Crippen molar-refractivity contribution >= 4 is 5.97 Å². The summed E-state index contributed by atoms with van der Waals surface area (Å²) in [5.41, 5.74) is 0. The lowest BCUT2D eigenvalue weighted by molar-refractivity contribution is -0.137. The van der Waals surface area contributed by atoms with Crippen molar-refractivity contribution in [1.29, 1.82) is 0 Å². The number of carbonyl (C=O) groups is 1. The van der Waals surface area contributed by atoms with Crippen molar-refractivity contribution in [3.63, 3.8) is 0 Å². The van der Waals surface area contributed by atoms with Gasteiger partial charge in [-0.3, -0.25) is 4.79 Å². The summed E-state index contributed by atoms with van der Waals surface area (Å²) in [5.74, 6) is 1.29. The van der Waals surface area contributed by atoms with Crippen LogP contribution in [0, 0.1) is 17.8 Å². The van der Waals surface area contributed by atoms with Crippen LogP contribution in [0.4, 0.5) is 0 Å². The summed E-state index contributed by atoms with van der Waals surface area (Å²) < 4.78 is 0. The van der Waals surface area contributed by atoms with E-state index in [1.165, 1.54) is 70.6 Å². The molecule has 3 heteroatoms. The van der Waals surface area contributed by atoms with E-state index in [0.29, 0.717) is 18.3 Å². The van der Waals surface area contributed by atoms with Gasteiger partial charge in [0.25, 0.3) is 0 Å². The molecule has 162 valence electrons. The van der Waals surface area contributed by atoms with Gasteiger partial charge in [0, 0.05) is 6.42 Å². The molecule has 27 heavy (non-hydrogen) atoms. The maximum atomic E-state index is 10.3. The van der Waals surface area contributed by atoms with Gasteiger partial charge in [-0.15, -0.1) is 0 Å². The Morgan fingerprint density at radius 3 is 1.78 bits per heavy atom. The number of aliphatic hydroxyl groups excluding tert-OH is 1. The Hall–Kier alpha value is -0.570. The van der Waals surface area contributed by atoms with Gasteiger partial charge in [-0.25, -0.2) is 0 Å². The van der Waals surface area contributed by atoms with Crippen molar-refractivity contribution in [2.75, 3.05) is 0 Å². The van der Waals surface area contributed by atoms with E-state index in [9.17, 15) is 9.90 Å². The van der Waals surface area contributed by atoms with Gasteiger partial charge < -0.3 is 10.2 Å². The molecule has 1 saturated carbocycles. The summed E-state index contributed by atoms with van der Waals surface area (Å²) in [6, 6.07) is 0. The first-order valence-electron chi connectivity index (χ1n) is 11.8. The molecule has 1 aliphatic carbocycles. The zero-order chi connectivity index (χ0) is 20.5. The summed E-state index contributed by atoms with van der Waals surface area (Å²) in [5, 5.41) is 18.2. The van der Waals surface area contributed by atoms with Crippen molar-refractivity contribution in [2.45, 2.75) is 130 Å². The largest absolute Gasteiger partial charge is 0.481 e. The predicted octanol–water partition coefficient (Wildman–Crippen LogP) is 7.21. The topological polar surface area (TPSA) is 57.5 Å². The Balaban J connectivity index is 0.000000533. The van der Waals surface area contributed by atoms with Gasteiger partial charge in [0.2, 0.25) is 0 Å². The van der Waals surface area contributed by atoms with E-state index in [2.05, 4.69) is 27.7 Å². The lowest BCUT2D eigenvalue weighted by Gasteiger charge is -2.33. The van der Waals surface area contributed by atoms with Crippen LogP contribution in [0.3, 0.4) is 0 Å². The van der Waals surface area contributed by atoms with E-state index in [1.54, 1.807) is 0 Å². The lowest BCUT2D eigenvalue weighted by atomic mass is 9.75. The fraction of sp³-hybridized carbons (Fsp3) is 0.958. The summed E-state index contributed by atoms with van der Waals surface area (Å²) in [7, 11) is 0. The molecule has 0 aromatic carbocycles. The minimum Gasteiger partial charge on any atom is -0.481 e. The molecule has 0 heterocycles. The van der Waals surface area contributed by atoms with Crippen molar-refractivity contribution in [1.82, 2.24) is 0 Å². The molecular formula is C24H48O3. The highest BCUT2D eigenvalue weighted by Crippen LogP contribution is 2.33. The SMILES string of the molecule is CC1CCC(C(C)C)C(O)C1.CCCCCCCCCCCCCC(=O)O. The van der Waals surface area contributed by atoms with E-state index in [4.69, 9.17) is 5.11 Å². The second-order valence-electron chi connectivity index (χ2n) is 9.07. The highest BCUT2D eigenvalue weighted by Gasteiger charge is 2.28. The van der Waals surface area contributed by atoms with Gasteiger partial charge in [-0.05, 0) is 37.0 Å². The first kappa shape index (κ1) is 26.4. The summed E-state index contributed by atoms with van der Waals surface area (Å²) >= 11 is 0. The third kappa shape index (κ3) is 16.1. The molecule has 1 rings (SSSR count). The molecule has 2 N–H and O–H groups in total. The van der Waals surface area contributed by atoms with E-state index in [1.807, 2.05) is 0 Å². The molecule has 1 fully saturated rings. The molecule has 3 nitrogen and oxygen atoms in total. The van der Waals surface area contributed by atoms with Crippen LogP contribution >= 0.6 is 0 Å². The van der Waals surface area contributed by atoms with Crippen LogP contribution in [0.15, 0.2) is 0 Å². The predicted molar refractivity (Wildman–Crippen MR) is 116 cm³/mol. The number of rotatable bonds is 13. The molecule has 0 spiro atoms. The van der Waals surface area contributed by atoms with E-state index in [-0.39, 0.29) is 6.10 Å². The van der Waals surface area contributed by atoms with Gasteiger partial charge in [0.1, 0.15) is 0 Å². The zero-order valence-corrected chi connectivity index (χ0v) is 18.7. The highest BCUT2D eigenvalue weighted by atomic mass is 16.4. The molecule has 3 atom stereocenters. The maximum absolute atomic E-state index is 10.3. The highest BCUT2D eigenvalue weighted by molar-refractivity contribution is 5.66. The third-order valence-electron chi connectivity index (χ3n) is 5.98. The van der Waals surface area contributed by atoms with Crippen LogP contribution in [0.5, 0.6) is 0 Å². The standard InChI is InChI=1S/C14H28O2.C10H20O/c1-2-3-4-5-6-7-8-9-10-11-12-13-14(15)16;1-7(2)9-5-4-8(3)6-10(9)11/h2-13H2,1H3,(H,15,16);7-11H,4-6H2,1-3H3. The number of aliphatic hydroxyl groups is 1. The Morgan fingerprint density at radius 1 is 0.889 bits per heavy atom. The van der Waals surface area contributed by atoms with Crippen LogP contribution in [-0.4, -0.2) is 22.3 Å². The molecular weight excluding hydrogens is 336 g/mol.